The summed E-state index contributed by atoms with van der Waals surface area (Å²) in [7, 11) is 0. The molecule has 0 bridgehead atoms. The molecule has 2 amide bonds. The Morgan fingerprint density at radius 1 is 1.40 bits per heavy atom. The zero-order valence-electron chi connectivity index (χ0n) is 13.9. The smallest absolute Gasteiger partial charge is 0.265 e. The van der Waals surface area contributed by atoms with Gasteiger partial charge in [0.2, 0.25) is 5.91 Å². The molecule has 4 rings (SSSR count). The lowest BCUT2D eigenvalue weighted by atomic mass is 9.86. The molecule has 2 aliphatic heterocycles. The molecule has 1 aromatic rings. The van der Waals surface area contributed by atoms with Gasteiger partial charge >= 0.3 is 0 Å². The summed E-state index contributed by atoms with van der Waals surface area (Å²) in [4.78, 5) is 24.5. The van der Waals surface area contributed by atoms with E-state index in [4.69, 9.17) is 9.47 Å². The zero-order chi connectivity index (χ0) is 17.7. The second-order valence-electron chi connectivity index (χ2n) is 7.00. The number of nitrogens with zero attached hydrogens (tertiary/aromatic N) is 1. The van der Waals surface area contributed by atoms with Gasteiger partial charge in [0.05, 0.1) is 11.8 Å². The van der Waals surface area contributed by atoms with Crippen LogP contribution in [0.4, 0.5) is 11.4 Å². The van der Waals surface area contributed by atoms with E-state index >= 15 is 0 Å². The zero-order valence-corrected chi connectivity index (χ0v) is 13.9. The first-order chi connectivity index (χ1) is 12.0. The van der Waals surface area contributed by atoms with Gasteiger partial charge in [0.25, 0.3) is 5.91 Å². The predicted molar refractivity (Wildman–Crippen MR) is 88.9 cm³/mol. The molecule has 1 saturated heterocycles. The van der Waals surface area contributed by atoms with Crippen molar-refractivity contribution < 1.29 is 19.1 Å². The number of anilines is 2. The lowest BCUT2D eigenvalue weighted by Crippen LogP contribution is -2.34. The normalized spacial score (nSPS) is 29.0. The molecule has 3 aliphatic rings. The molecule has 25 heavy (non-hydrogen) atoms. The van der Waals surface area contributed by atoms with E-state index in [0.717, 1.165) is 12.8 Å². The predicted octanol–water partition coefficient (Wildman–Crippen LogP) is 2.05. The van der Waals surface area contributed by atoms with E-state index in [1.54, 1.807) is 25.1 Å². The number of hydrogen-bond donors (Lipinski definition) is 2. The van der Waals surface area contributed by atoms with Crippen molar-refractivity contribution in [1.82, 2.24) is 0 Å². The van der Waals surface area contributed by atoms with Gasteiger partial charge < -0.3 is 20.1 Å². The lowest BCUT2D eigenvalue weighted by Gasteiger charge is -2.26. The van der Waals surface area contributed by atoms with Crippen LogP contribution in [-0.4, -0.2) is 31.1 Å². The van der Waals surface area contributed by atoms with Crippen LogP contribution in [0, 0.1) is 22.2 Å². The number of benzene rings is 1. The summed E-state index contributed by atoms with van der Waals surface area (Å²) in [6, 6.07) is 7.32. The number of rotatable bonds is 2. The topological polar surface area (TPSA) is 100 Å². The fourth-order valence-electron chi connectivity index (χ4n) is 3.88. The fourth-order valence-corrected chi connectivity index (χ4v) is 3.88. The number of nitriles is 1. The number of carbonyl (C=O) groups excluding carboxylic acids is 2. The molecule has 7 nitrogen and oxygen atoms in total. The molecule has 2 atom stereocenters. The van der Waals surface area contributed by atoms with Crippen molar-refractivity contribution in [2.24, 2.45) is 10.8 Å². The van der Waals surface area contributed by atoms with Crippen molar-refractivity contribution in [3.63, 3.8) is 0 Å². The van der Waals surface area contributed by atoms with Crippen LogP contribution in [0.25, 0.3) is 0 Å². The number of nitrogens with one attached hydrogen (secondary N) is 2. The first-order valence-electron chi connectivity index (χ1n) is 8.42. The van der Waals surface area contributed by atoms with Crippen LogP contribution >= 0.6 is 0 Å². The van der Waals surface area contributed by atoms with E-state index in [0.29, 0.717) is 36.8 Å². The standard InChI is InChI=1S/C18H19N3O4/c1-11-15(22)21-13-8-12(2-3-14(13)25-11)20-16(23)18(10-19)9-17(18)4-6-24-7-5-17/h2-3,8,11H,4-7,9H2,1H3,(H,20,23)(H,21,22). The largest absolute Gasteiger partial charge is 0.479 e. The molecule has 7 heteroatoms. The fraction of sp³-hybridized carbons (Fsp3) is 0.500. The van der Waals surface area contributed by atoms with E-state index in [2.05, 4.69) is 16.7 Å². The van der Waals surface area contributed by atoms with Crippen molar-refractivity contribution in [3.8, 4) is 11.8 Å². The molecule has 0 radical (unpaired) electrons. The van der Waals surface area contributed by atoms with Crippen LogP contribution in [-0.2, 0) is 14.3 Å². The molecule has 2 fully saturated rings. The second-order valence-corrected chi connectivity index (χ2v) is 7.00. The molecule has 2 heterocycles. The third kappa shape index (κ3) is 2.36. The van der Waals surface area contributed by atoms with E-state index in [9.17, 15) is 14.9 Å². The lowest BCUT2D eigenvalue weighted by molar-refractivity contribution is -0.123. The molecular weight excluding hydrogens is 322 g/mol. The van der Waals surface area contributed by atoms with Gasteiger partial charge in [-0.2, -0.15) is 5.26 Å². The van der Waals surface area contributed by atoms with E-state index < -0.39 is 11.5 Å². The highest BCUT2D eigenvalue weighted by molar-refractivity contribution is 6.02. The maximum atomic E-state index is 12.8. The summed E-state index contributed by atoms with van der Waals surface area (Å²) < 4.78 is 10.9. The third-order valence-corrected chi connectivity index (χ3v) is 5.58. The van der Waals surface area contributed by atoms with E-state index in [1.807, 2.05) is 0 Å². The molecule has 130 valence electrons. The van der Waals surface area contributed by atoms with Crippen LogP contribution in [0.3, 0.4) is 0 Å². The van der Waals surface area contributed by atoms with Crippen LogP contribution in [0.2, 0.25) is 0 Å². The summed E-state index contributed by atoms with van der Waals surface area (Å²) in [6.07, 6.45) is 1.50. The van der Waals surface area contributed by atoms with Crippen molar-refractivity contribution in [1.29, 1.82) is 5.26 Å². The second kappa shape index (κ2) is 5.46. The maximum Gasteiger partial charge on any atom is 0.265 e. The summed E-state index contributed by atoms with van der Waals surface area (Å²) in [5.74, 6) is 0.0495. The van der Waals surface area contributed by atoms with Crippen molar-refractivity contribution in [3.05, 3.63) is 18.2 Å². The van der Waals surface area contributed by atoms with Crippen LogP contribution in [0.5, 0.6) is 5.75 Å². The van der Waals surface area contributed by atoms with Gasteiger partial charge in [-0.25, -0.2) is 0 Å². The molecule has 0 aromatic heterocycles. The minimum Gasteiger partial charge on any atom is -0.479 e. The Bertz CT molecular complexity index is 794. The van der Waals surface area contributed by atoms with Crippen LogP contribution < -0.4 is 15.4 Å². The van der Waals surface area contributed by atoms with Gasteiger partial charge in [0.1, 0.15) is 11.2 Å². The highest BCUT2D eigenvalue weighted by Gasteiger charge is 2.72. The Kier molecular flexibility index (Phi) is 3.48. The molecule has 2 unspecified atom stereocenters. The Morgan fingerprint density at radius 2 is 2.16 bits per heavy atom. The minimum absolute atomic E-state index is 0.229. The van der Waals surface area contributed by atoms with Crippen molar-refractivity contribution in [2.75, 3.05) is 23.8 Å². The maximum absolute atomic E-state index is 12.8. The monoisotopic (exact) mass is 341 g/mol. The Labute approximate surface area is 145 Å². The Hall–Kier alpha value is -2.59. The highest BCUT2D eigenvalue weighted by Crippen LogP contribution is 2.69. The third-order valence-electron chi connectivity index (χ3n) is 5.58. The average molecular weight is 341 g/mol. The summed E-state index contributed by atoms with van der Waals surface area (Å²) in [5, 5.41) is 15.2. The van der Waals surface area contributed by atoms with Gasteiger partial charge in [-0.3, -0.25) is 9.59 Å². The average Bonchev–Trinajstić information content (AvgIpc) is 3.24. The van der Waals surface area contributed by atoms with Crippen molar-refractivity contribution in [2.45, 2.75) is 32.3 Å². The van der Waals surface area contributed by atoms with Crippen LogP contribution in [0.1, 0.15) is 26.2 Å². The van der Waals surface area contributed by atoms with Crippen LogP contribution in [0.15, 0.2) is 18.2 Å². The van der Waals surface area contributed by atoms with Crippen molar-refractivity contribution >= 4 is 23.2 Å². The number of fused-ring (bicyclic) bond motifs is 1. The van der Waals surface area contributed by atoms with Gasteiger partial charge in [-0.05, 0) is 44.4 Å². The number of carbonyl (C=O) groups is 2. The number of ether oxygens (including phenoxy) is 2. The molecule has 1 spiro atoms. The van der Waals surface area contributed by atoms with Gasteiger partial charge in [-0.15, -0.1) is 0 Å². The number of hydrogen-bond acceptors (Lipinski definition) is 5. The number of amides is 2. The highest BCUT2D eigenvalue weighted by atomic mass is 16.5. The molecule has 2 N–H and O–H groups in total. The minimum atomic E-state index is -0.985. The molecule has 1 aliphatic carbocycles. The first kappa shape index (κ1) is 15.9. The molecular formula is C18H19N3O4. The van der Waals surface area contributed by atoms with E-state index in [-0.39, 0.29) is 17.2 Å². The quantitative estimate of drug-likeness (QED) is 0.857. The van der Waals surface area contributed by atoms with Gasteiger partial charge in [0.15, 0.2) is 6.10 Å². The SMILES string of the molecule is CC1Oc2ccc(NC(=O)C3(C#N)CC34CCOCC4)cc2NC1=O. The summed E-state index contributed by atoms with van der Waals surface area (Å²) in [6.45, 7) is 2.86. The molecule has 1 saturated carbocycles. The van der Waals surface area contributed by atoms with Gasteiger partial charge in [0, 0.05) is 24.3 Å². The summed E-state index contributed by atoms with van der Waals surface area (Å²) in [5.41, 5.74) is -0.194. The Morgan fingerprint density at radius 3 is 2.88 bits per heavy atom. The molecule has 1 aromatic carbocycles. The van der Waals surface area contributed by atoms with E-state index in [1.165, 1.54) is 0 Å². The Balaban J connectivity index is 1.53. The first-order valence-corrected chi connectivity index (χ1v) is 8.42. The summed E-state index contributed by atoms with van der Waals surface area (Å²) >= 11 is 0. The van der Waals surface area contributed by atoms with Gasteiger partial charge in [-0.1, -0.05) is 0 Å².